The largest absolute Gasteiger partial charge is 0.478 e. The lowest BCUT2D eigenvalue weighted by molar-refractivity contribution is 0.0696. The predicted octanol–water partition coefficient (Wildman–Crippen LogP) is 4.05. The van der Waals surface area contributed by atoms with Crippen molar-refractivity contribution in [2.45, 2.75) is 0 Å². The zero-order valence-electron chi connectivity index (χ0n) is 10.1. The fourth-order valence-corrected chi connectivity index (χ4v) is 2.10. The van der Waals surface area contributed by atoms with E-state index in [1.54, 1.807) is 18.2 Å². The van der Waals surface area contributed by atoms with E-state index >= 15 is 0 Å². The van der Waals surface area contributed by atoms with Crippen molar-refractivity contribution in [3.8, 4) is 0 Å². The van der Waals surface area contributed by atoms with Gasteiger partial charge in [0.1, 0.15) is 0 Å². The van der Waals surface area contributed by atoms with Crippen LogP contribution < -0.4 is 5.32 Å². The monoisotopic (exact) mass is 353 g/mol. The Bertz CT molecular complexity index is 671. The SMILES string of the molecule is O=C(O)c1ccc(C(=O)Nc2cccc(Cl)c2Br)cc1. The first kappa shape index (κ1) is 14.6. The van der Waals surface area contributed by atoms with Crippen molar-refractivity contribution >= 4 is 45.1 Å². The van der Waals surface area contributed by atoms with Crippen LogP contribution in [0.15, 0.2) is 46.9 Å². The Morgan fingerprint density at radius 3 is 2.25 bits per heavy atom. The fraction of sp³-hybridized carbons (Fsp3) is 0. The third-order valence-corrected chi connectivity index (χ3v) is 3.99. The Morgan fingerprint density at radius 2 is 1.65 bits per heavy atom. The number of hydrogen-bond donors (Lipinski definition) is 2. The van der Waals surface area contributed by atoms with Crippen LogP contribution in [0.5, 0.6) is 0 Å². The number of amides is 1. The van der Waals surface area contributed by atoms with Crippen LogP contribution in [0.2, 0.25) is 5.02 Å². The second-order valence-electron chi connectivity index (χ2n) is 3.94. The van der Waals surface area contributed by atoms with Crippen molar-refractivity contribution in [2.75, 3.05) is 5.32 Å². The zero-order valence-corrected chi connectivity index (χ0v) is 12.4. The molecule has 0 atom stereocenters. The van der Waals surface area contributed by atoms with Crippen LogP contribution in [0.4, 0.5) is 5.69 Å². The summed E-state index contributed by atoms with van der Waals surface area (Å²) in [6, 6.07) is 10.8. The van der Waals surface area contributed by atoms with E-state index < -0.39 is 5.97 Å². The first-order valence-electron chi connectivity index (χ1n) is 5.58. The van der Waals surface area contributed by atoms with Gasteiger partial charge < -0.3 is 10.4 Å². The normalized spacial score (nSPS) is 10.1. The maximum atomic E-state index is 12.0. The molecule has 0 aliphatic heterocycles. The van der Waals surface area contributed by atoms with Crippen LogP contribution in [-0.4, -0.2) is 17.0 Å². The van der Waals surface area contributed by atoms with Gasteiger partial charge in [0.25, 0.3) is 5.91 Å². The Morgan fingerprint density at radius 1 is 1.05 bits per heavy atom. The molecular weight excluding hydrogens is 346 g/mol. The molecule has 2 aromatic rings. The number of carboxylic acids is 1. The van der Waals surface area contributed by atoms with E-state index in [0.717, 1.165) is 0 Å². The van der Waals surface area contributed by atoms with Crippen molar-refractivity contribution in [1.29, 1.82) is 0 Å². The number of halogens is 2. The molecule has 0 heterocycles. The van der Waals surface area contributed by atoms with E-state index in [2.05, 4.69) is 21.2 Å². The number of anilines is 1. The lowest BCUT2D eigenvalue weighted by Crippen LogP contribution is -2.12. The maximum Gasteiger partial charge on any atom is 0.335 e. The van der Waals surface area contributed by atoms with Gasteiger partial charge in [0.15, 0.2) is 0 Å². The van der Waals surface area contributed by atoms with Crippen LogP contribution in [-0.2, 0) is 0 Å². The number of carbonyl (C=O) groups is 2. The molecule has 0 fully saturated rings. The number of rotatable bonds is 3. The number of aromatic carboxylic acids is 1. The molecule has 4 nitrogen and oxygen atoms in total. The number of carbonyl (C=O) groups excluding carboxylic acids is 1. The number of carboxylic acid groups (broad SMARTS) is 1. The Labute approximate surface area is 128 Å². The van der Waals surface area contributed by atoms with Crippen molar-refractivity contribution in [2.24, 2.45) is 0 Å². The average molecular weight is 355 g/mol. The van der Waals surface area contributed by atoms with Gasteiger partial charge in [-0.3, -0.25) is 4.79 Å². The Hall–Kier alpha value is -1.85. The summed E-state index contributed by atoms with van der Waals surface area (Å²) in [6.07, 6.45) is 0. The quantitative estimate of drug-likeness (QED) is 0.874. The second kappa shape index (κ2) is 6.07. The molecule has 2 aromatic carbocycles. The fourth-order valence-electron chi connectivity index (χ4n) is 1.56. The van der Waals surface area contributed by atoms with Gasteiger partial charge in [-0.15, -0.1) is 0 Å². The molecule has 2 N–H and O–H groups in total. The molecule has 102 valence electrons. The first-order chi connectivity index (χ1) is 9.49. The smallest absolute Gasteiger partial charge is 0.335 e. The van der Waals surface area contributed by atoms with Gasteiger partial charge in [-0.2, -0.15) is 0 Å². The molecule has 0 spiro atoms. The molecule has 1 amide bonds. The van der Waals surface area contributed by atoms with Crippen molar-refractivity contribution in [3.05, 3.63) is 63.1 Å². The molecule has 0 aliphatic carbocycles. The predicted molar refractivity (Wildman–Crippen MR) is 80.5 cm³/mol. The standard InChI is InChI=1S/C14H9BrClNO3/c15-12-10(16)2-1-3-11(12)17-13(18)8-4-6-9(7-5-8)14(19)20/h1-7H,(H,17,18)(H,19,20). The summed E-state index contributed by atoms with van der Waals surface area (Å²) >= 11 is 9.22. The average Bonchev–Trinajstić information content (AvgIpc) is 2.44. The molecule has 0 radical (unpaired) electrons. The van der Waals surface area contributed by atoms with Crippen LogP contribution in [0.25, 0.3) is 0 Å². The van der Waals surface area contributed by atoms with E-state index in [0.29, 0.717) is 20.7 Å². The summed E-state index contributed by atoms with van der Waals surface area (Å²) < 4.78 is 0.595. The van der Waals surface area contributed by atoms with E-state index in [-0.39, 0.29) is 11.5 Å². The highest BCUT2D eigenvalue weighted by atomic mass is 79.9. The topological polar surface area (TPSA) is 66.4 Å². The molecule has 0 aliphatic rings. The minimum atomic E-state index is -1.03. The van der Waals surface area contributed by atoms with E-state index in [9.17, 15) is 9.59 Å². The Balaban J connectivity index is 2.20. The van der Waals surface area contributed by atoms with E-state index in [1.807, 2.05) is 0 Å². The van der Waals surface area contributed by atoms with Crippen LogP contribution in [0.1, 0.15) is 20.7 Å². The molecule has 0 aromatic heterocycles. The van der Waals surface area contributed by atoms with Crippen molar-refractivity contribution in [1.82, 2.24) is 0 Å². The maximum absolute atomic E-state index is 12.0. The number of nitrogens with one attached hydrogen (secondary N) is 1. The highest BCUT2D eigenvalue weighted by Gasteiger charge is 2.11. The van der Waals surface area contributed by atoms with Gasteiger partial charge >= 0.3 is 5.97 Å². The molecular formula is C14H9BrClNO3. The molecule has 0 unspecified atom stereocenters. The molecule has 0 bridgehead atoms. The van der Waals surface area contributed by atoms with Gasteiger partial charge in [-0.25, -0.2) is 4.79 Å². The summed E-state index contributed by atoms with van der Waals surface area (Å²) in [5.41, 5.74) is 1.04. The molecule has 6 heteroatoms. The number of benzene rings is 2. The minimum Gasteiger partial charge on any atom is -0.478 e. The highest BCUT2D eigenvalue weighted by molar-refractivity contribution is 9.10. The summed E-state index contributed by atoms with van der Waals surface area (Å²) in [5.74, 6) is -1.38. The van der Waals surface area contributed by atoms with Gasteiger partial charge in [0.05, 0.1) is 20.7 Å². The second-order valence-corrected chi connectivity index (χ2v) is 5.14. The third-order valence-electron chi connectivity index (χ3n) is 2.59. The van der Waals surface area contributed by atoms with Crippen LogP contribution >= 0.6 is 27.5 Å². The number of hydrogen-bond acceptors (Lipinski definition) is 2. The van der Waals surface area contributed by atoms with Gasteiger partial charge in [-0.1, -0.05) is 17.7 Å². The van der Waals surface area contributed by atoms with E-state index in [1.165, 1.54) is 24.3 Å². The zero-order chi connectivity index (χ0) is 14.7. The van der Waals surface area contributed by atoms with Crippen LogP contribution in [0, 0.1) is 0 Å². The van der Waals surface area contributed by atoms with Crippen LogP contribution in [0.3, 0.4) is 0 Å². The summed E-state index contributed by atoms with van der Waals surface area (Å²) in [7, 11) is 0. The van der Waals surface area contributed by atoms with Crippen molar-refractivity contribution in [3.63, 3.8) is 0 Å². The Kier molecular flexibility index (Phi) is 4.42. The first-order valence-corrected chi connectivity index (χ1v) is 6.75. The molecule has 0 saturated carbocycles. The summed E-state index contributed by atoms with van der Waals surface area (Å²) in [4.78, 5) is 22.8. The lowest BCUT2D eigenvalue weighted by Gasteiger charge is -2.08. The van der Waals surface area contributed by atoms with Gasteiger partial charge in [0, 0.05) is 5.56 Å². The molecule has 2 rings (SSSR count). The minimum absolute atomic E-state index is 0.130. The summed E-state index contributed by atoms with van der Waals surface area (Å²) in [6.45, 7) is 0. The highest BCUT2D eigenvalue weighted by Crippen LogP contribution is 2.30. The van der Waals surface area contributed by atoms with Crippen molar-refractivity contribution < 1.29 is 14.7 Å². The van der Waals surface area contributed by atoms with E-state index in [4.69, 9.17) is 16.7 Å². The van der Waals surface area contributed by atoms with Gasteiger partial charge in [-0.05, 0) is 52.3 Å². The third kappa shape index (κ3) is 3.18. The van der Waals surface area contributed by atoms with Gasteiger partial charge in [0.2, 0.25) is 0 Å². The lowest BCUT2D eigenvalue weighted by atomic mass is 10.1. The molecule has 20 heavy (non-hydrogen) atoms. The molecule has 0 saturated heterocycles. The summed E-state index contributed by atoms with van der Waals surface area (Å²) in [5, 5.41) is 12.0.